The fraction of sp³-hybridized carbons (Fsp3) is 0. The summed E-state index contributed by atoms with van der Waals surface area (Å²) in [5.41, 5.74) is 0. The molecule has 0 bridgehead atoms. The predicted octanol–water partition coefficient (Wildman–Crippen LogP) is 4.88. The Morgan fingerprint density at radius 2 is 0.750 bits per heavy atom. The summed E-state index contributed by atoms with van der Waals surface area (Å²) in [7, 11) is 0. The molecule has 1 aromatic rings. The molecule has 0 saturated carbocycles. The first-order chi connectivity index (χ1) is 5.46. The Kier molecular flexibility index (Phi) is 3.79. The lowest BCUT2D eigenvalue weighted by molar-refractivity contribution is 1.37. The maximum Gasteiger partial charge on any atom is 0.0753 e. The second-order valence-corrected chi connectivity index (χ2v) is 4.36. The van der Waals surface area contributed by atoms with Crippen molar-refractivity contribution in [1.82, 2.24) is 0 Å². The molecule has 0 atom stereocenters. The molecule has 0 aliphatic heterocycles. The van der Waals surface area contributed by atoms with E-state index in [4.69, 9.17) is 46.4 Å². The Balaban J connectivity index is 3.60. The van der Waals surface area contributed by atoms with Crippen molar-refractivity contribution >= 4 is 71.7 Å². The Morgan fingerprint density at radius 1 is 0.583 bits per heavy atom. The van der Waals surface area contributed by atoms with Crippen molar-refractivity contribution in [3.8, 4) is 0 Å². The summed E-state index contributed by atoms with van der Waals surface area (Å²) < 4.78 is 0. The fourth-order valence-corrected chi connectivity index (χ4v) is 2.17. The minimum Gasteiger partial charge on any atom is -0.140 e. The highest BCUT2D eigenvalue weighted by atomic mass is 35.5. The zero-order chi connectivity index (χ0) is 9.46. The van der Waals surface area contributed by atoms with Crippen LogP contribution in [0.4, 0.5) is 0 Å². The number of hydrogen-bond acceptors (Lipinski definition) is 2. The molecule has 0 heterocycles. The molecule has 1 aromatic carbocycles. The van der Waals surface area contributed by atoms with Gasteiger partial charge in [-0.2, -0.15) is 0 Å². The molecule has 0 saturated heterocycles. The third-order valence-corrected chi connectivity index (χ3v) is 4.34. The summed E-state index contributed by atoms with van der Waals surface area (Å²) >= 11 is 31.1. The quantitative estimate of drug-likeness (QED) is 0.491. The number of hydrogen-bond donors (Lipinski definition) is 2. The van der Waals surface area contributed by atoms with Crippen molar-refractivity contribution < 1.29 is 0 Å². The zero-order valence-corrected chi connectivity index (χ0v) is 10.2. The van der Waals surface area contributed by atoms with E-state index in [9.17, 15) is 0 Å². The summed E-state index contributed by atoms with van der Waals surface area (Å²) in [5, 5.41) is 1.05. The number of benzene rings is 1. The molecule has 0 amide bonds. The third-order valence-electron chi connectivity index (χ3n) is 1.22. The van der Waals surface area contributed by atoms with Crippen molar-refractivity contribution in [2.75, 3.05) is 0 Å². The van der Waals surface area contributed by atoms with Gasteiger partial charge in [0, 0.05) is 9.79 Å². The van der Waals surface area contributed by atoms with E-state index in [1.807, 2.05) is 0 Å². The SMILES string of the molecule is Sc1c(Cl)c(Cl)c(S)c(Cl)c1Cl. The standard InChI is InChI=1S/C6H2Cl4S2/c7-1-2(8)6(12)4(10)3(9)5(1)11/h11-12H. The number of halogens is 4. The van der Waals surface area contributed by atoms with Gasteiger partial charge in [-0.25, -0.2) is 0 Å². The monoisotopic (exact) mass is 278 g/mol. The van der Waals surface area contributed by atoms with Crippen LogP contribution in [0.5, 0.6) is 0 Å². The van der Waals surface area contributed by atoms with Gasteiger partial charge in [0.25, 0.3) is 0 Å². The summed E-state index contributed by atoms with van der Waals surface area (Å²) in [6.45, 7) is 0. The smallest absolute Gasteiger partial charge is 0.0753 e. The molecule has 66 valence electrons. The van der Waals surface area contributed by atoms with Gasteiger partial charge in [-0.1, -0.05) is 46.4 Å². The molecular weight excluding hydrogens is 278 g/mol. The van der Waals surface area contributed by atoms with Crippen LogP contribution in [0.15, 0.2) is 9.79 Å². The van der Waals surface area contributed by atoms with Gasteiger partial charge in [-0.15, -0.1) is 25.3 Å². The fourth-order valence-electron chi connectivity index (χ4n) is 0.609. The molecule has 1 rings (SSSR count). The molecule has 12 heavy (non-hydrogen) atoms. The second kappa shape index (κ2) is 4.07. The Labute approximate surface area is 101 Å². The third kappa shape index (κ3) is 1.79. The van der Waals surface area contributed by atoms with Crippen molar-refractivity contribution in [2.45, 2.75) is 9.79 Å². The van der Waals surface area contributed by atoms with E-state index in [1.165, 1.54) is 0 Å². The average molecular weight is 280 g/mol. The van der Waals surface area contributed by atoms with E-state index in [1.54, 1.807) is 0 Å². The van der Waals surface area contributed by atoms with Gasteiger partial charge in [0.1, 0.15) is 0 Å². The zero-order valence-electron chi connectivity index (χ0n) is 5.41. The van der Waals surface area contributed by atoms with Crippen molar-refractivity contribution in [3.05, 3.63) is 20.1 Å². The highest BCUT2D eigenvalue weighted by molar-refractivity contribution is 7.81. The van der Waals surface area contributed by atoms with Gasteiger partial charge in [0.05, 0.1) is 20.1 Å². The van der Waals surface area contributed by atoms with Crippen LogP contribution in [-0.2, 0) is 0 Å². The first kappa shape index (κ1) is 11.2. The van der Waals surface area contributed by atoms with Crippen LogP contribution in [0.2, 0.25) is 20.1 Å². The van der Waals surface area contributed by atoms with Crippen molar-refractivity contribution in [3.63, 3.8) is 0 Å². The van der Waals surface area contributed by atoms with Crippen LogP contribution >= 0.6 is 71.7 Å². The van der Waals surface area contributed by atoms with Crippen LogP contribution < -0.4 is 0 Å². The highest BCUT2D eigenvalue weighted by Gasteiger charge is 2.15. The van der Waals surface area contributed by atoms with Crippen molar-refractivity contribution in [2.24, 2.45) is 0 Å². The first-order valence-electron chi connectivity index (χ1n) is 2.70. The van der Waals surface area contributed by atoms with Crippen molar-refractivity contribution in [1.29, 1.82) is 0 Å². The van der Waals surface area contributed by atoms with Gasteiger partial charge in [0.15, 0.2) is 0 Å². The Morgan fingerprint density at radius 3 is 0.917 bits per heavy atom. The van der Waals surface area contributed by atoms with Gasteiger partial charge in [0.2, 0.25) is 0 Å². The van der Waals surface area contributed by atoms with Crippen LogP contribution in [0, 0.1) is 0 Å². The van der Waals surface area contributed by atoms with Gasteiger partial charge < -0.3 is 0 Å². The van der Waals surface area contributed by atoms with Gasteiger partial charge in [-0.3, -0.25) is 0 Å². The first-order valence-corrected chi connectivity index (χ1v) is 5.11. The van der Waals surface area contributed by atoms with Crippen LogP contribution in [0.25, 0.3) is 0 Å². The molecule has 0 unspecified atom stereocenters. The molecule has 0 aromatic heterocycles. The second-order valence-electron chi connectivity index (χ2n) is 1.95. The largest absolute Gasteiger partial charge is 0.140 e. The maximum atomic E-state index is 5.76. The van der Waals surface area contributed by atoms with E-state index >= 15 is 0 Å². The van der Waals surface area contributed by atoms with Crippen LogP contribution in [0.1, 0.15) is 0 Å². The lowest BCUT2D eigenvalue weighted by Gasteiger charge is -2.07. The molecular formula is C6H2Cl4S2. The topological polar surface area (TPSA) is 0 Å². The van der Waals surface area contributed by atoms with Gasteiger partial charge >= 0.3 is 0 Å². The van der Waals surface area contributed by atoms with Crippen LogP contribution in [0.3, 0.4) is 0 Å². The van der Waals surface area contributed by atoms with Gasteiger partial charge in [-0.05, 0) is 0 Å². The number of rotatable bonds is 0. The molecule has 0 N–H and O–H groups in total. The summed E-state index contributed by atoms with van der Waals surface area (Å²) in [4.78, 5) is 0.734. The van der Waals surface area contributed by atoms with E-state index in [0.717, 1.165) is 0 Å². The molecule has 6 heteroatoms. The lowest BCUT2D eigenvalue weighted by atomic mass is 10.3. The normalized spacial score (nSPS) is 10.5. The highest BCUT2D eigenvalue weighted by Crippen LogP contribution is 2.44. The minimum atomic E-state index is 0.263. The molecule has 0 radical (unpaired) electrons. The Hall–Kier alpha value is 1.08. The van der Waals surface area contributed by atoms with E-state index in [0.29, 0.717) is 9.79 Å². The molecule has 0 nitrogen and oxygen atoms in total. The maximum absolute atomic E-state index is 5.76. The van der Waals surface area contributed by atoms with E-state index in [-0.39, 0.29) is 20.1 Å². The molecule has 0 aliphatic rings. The van der Waals surface area contributed by atoms with Crippen LogP contribution in [-0.4, -0.2) is 0 Å². The van der Waals surface area contributed by atoms with E-state index < -0.39 is 0 Å². The molecule has 0 fully saturated rings. The molecule has 0 spiro atoms. The Bertz CT molecular complexity index is 232. The lowest BCUT2D eigenvalue weighted by Crippen LogP contribution is -1.81. The minimum absolute atomic E-state index is 0.263. The number of thiol groups is 2. The average Bonchev–Trinajstić information content (AvgIpc) is 2.08. The summed E-state index contributed by atoms with van der Waals surface area (Å²) in [6.07, 6.45) is 0. The molecule has 0 aliphatic carbocycles. The van der Waals surface area contributed by atoms with E-state index in [2.05, 4.69) is 25.3 Å². The summed E-state index contributed by atoms with van der Waals surface area (Å²) in [6, 6.07) is 0. The summed E-state index contributed by atoms with van der Waals surface area (Å²) in [5.74, 6) is 0. The predicted molar refractivity (Wildman–Crippen MR) is 61.0 cm³/mol.